The van der Waals surface area contributed by atoms with E-state index >= 15 is 0 Å². The van der Waals surface area contributed by atoms with Gasteiger partial charge in [-0.3, -0.25) is 14.4 Å². The lowest BCUT2D eigenvalue weighted by Gasteiger charge is -2.29. The van der Waals surface area contributed by atoms with Crippen molar-refractivity contribution >= 4 is 29.1 Å². The molecule has 2 rings (SSSR count). The second-order valence-corrected chi connectivity index (χ2v) is 6.52. The summed E-state index contributed by atoms with van der Waals surface area (Å²) >= 11 is 6.42. The molecule has 4 nitrogen and oxygen atoms in total. The van der Waals surface area contributed by atoms with Gasteiger partial charge in [0, 0.05) is 25.7 Å². The van der Waals surface area contributed by atoms with E-state index in [1.807, 2.05) is 24.3 Å². The molecule has 1 fully saturated rings. The number of hydrogen-bond acceptors (Lipinski definition) is 4. The van der Waals surface area contributed by atoms with Crippen molar-refractivity contribution < 1.29 is 19.1 Å². The number of Topliss-reactive ketones (excluding diaryl/α,β-unsaturated/α-hetero) is 2. The Morgan fingerprint density at radius 2 is 1.78 bits per heavy atom. The van der Waals surface area contributed by atoms with Gasteiger partial charge in [0.15, 0.2) is 16.4 Å². The van der Waals surface area contributed by atoms with Crippen LogP contribution in [0.1, 0.15) is 43.2 Å². The molecule has 0 aliphatic heterocycles. The van der Waals surface area contributed by atoms with Crippen LogP contribution in [0, 0.1) is 0 Å². The summed E-state index contributed by atoms with van der Waals surface area (Å²) in [6.07, 6.45) is 3.21. The molecule has 1 aliphatic rings. The average molecular weight is 337 g/mol. The number of aryl methyl sites for hydroxylation is 1. The van der Waals surface area contributed by atoms with Crippen LogP contribution in [0.25, 0.3) is 0 Å². The number of esters is 1. The zero-order chi connectivity index (χ0) is 16.9. The highest BCUT2D eigenvalue weighted by Crippen LogP contribution is 2.33. The zero-order valence-electron chi connectivity index (χ0n) is 13.3. The van der Waals surface area contributed by atoms with Gasteiger partial charge in [-0.1, -0.05) is 24.3 Å². The van der Waals surface area contributed by atoms with E-state index in [4.69, 9.17) is 11.6 Å². The molecule has 0 heterocycles. The van der Waals surface area contributed by atoms with Gasteiger partial charge < -0.3 is 4.74 Å². The Labute approximate surface area is 141 Å². The van der Waals surface area contributed by atoms with Crippen LogP contribution >= 0.6 is 11.6 Å². The Hall–Kier alpha value is -1.68. The highest BCUT2D eigenvalue weighted by molar-refractivity contribution is 6.47. The molecule has 1 aromatic rings. The quantitative estimate of drug-likeness (QED) is 0.455. The first-order valence-electron chi connectivity index (χ1n) is 7.86. The van der Waals surface area contributed by atoms with Gasteiger partial charge in [0.1, 0.15) is 0 Å². The number of carbonyl (C=O) groups excluding carboxylic acids is 3. The minimum atomic E-state index is -1.42. The normalized spacial score (nSPS) is 17.1. The van der Waals surface area contributed by atoms with Gasteiger partial charge in [-0.15, -0.1) is 11.6 Å². The number of hydrogen-bond donors (Lipinski definition) is 0. The third kappa shape index (κ3) is 4.20. The molecule has 0 atom stereocenters. The van der Waals surface area contributed by atoms with Crippen molar-refractivity contribution in [1.29, 1.82) is 0 Å². The molecule has 0 unspecified atom stereocenters. The number of carbonyl (C=O) groups is 3. The van der Waals surface area contributed by atoms with E-state index in [2.05, 4.69) is 4.74 Å². The van der Waals surface area contributed by atoms with Gasteiger partial charge in [-0.05, 0) is 30.4 Å². The summed E-state index contributed by atoms with van der Waals surface area (Å²) < 4.78 is 4.63. The van der Waals surface area contributed by atoms with E-state index in [0.29, 0.717) is 38.5 Å². The zero-order valence-corrected chi connectivity index (χ0v) is 14.0. The van der Waals surface area contributed by atoms with Crippen LogP contribution in [-0.2, 0) is 32.0 Å². The first-order valence-corrected chi connectivity index (χ1v) is 8.24. The molecule has 1 aromatic carbocycles. The summed E-state index contributed by atoms with van der Waals surface area (Å²) in [5, 5.41) is 0. The van der Waals surface area contributed by atoms with Crippen molar-refractivity contribution in [1.82, 2.24) is 0 Å². The number of rotatable bonds is 6. The minimum absolute atomic E-state index is 0.181. The molecular weight excluding hydrogens is 316 g/mol. The fraction of sp³-hybridized carbons (Fsp3) is 0.500. The van der Waals surface area contributed by atoms with Crippen LogP contribution in [0.2, 0.25) is 0 Å². The maximum atomic E-state index is 12.2. The van der Waals surface area contributed by atoms with E-state index in [9.17, 15) is 14.4 Å². The molecule has 0 radical (unpaired) electrons. The third-order valence-corrected chi connectivity index (χ3v) is 4.85. The molecule has 124 valence electrons. The summed E-state index contributed by atoms with van der Waals surface area (Å²) in [5.74, 6) is -0.603. The van der Waals surface area contributed by atoms with E-state index in [1.165, 1.54) is 7.11 Å². The average Bonchev–Trinajstić information content (AvgIpc) is 2.54. The van der Waals surface area contributed by atoms with Gasteiger partial charge >= 0.3 is 5.97 Å². The topological polar surface area (TPSA) is 60.4 Å². The van der Waals surface area contributed by atoms with E-state index < -0.39 is 4.87 Å². The first-order chi connectivity index (χ1) is 11.0. The highest BCUT2D eigenvalue weighted by atomic mass is 35.5. The van der Waals surface area contributed by atoms with Crippen LogP contribution in [0.4, 0.5) is 0 Å². The minimum Gasteiger partial charge on any atom is -0.469 e. The van der Waals surface area contributed by atoms with Crippen molar-refractivity contribution in [3.8, 4) is 0 Å². The lowest BCUT2D eigenvalue weighted by molar-refractivity contribution is -0.140. The fourth-order valence-electron chi connectivity index (χ4n) is 2.92. The molecule has 0 N–H and O–H groups in total. The summed E-state index contributed by atoms with van der Waals surface area (Å²) in [7, 11) is 1.37. The van der Waals surface area contributed by atoms with Gasteiger partial charge in [-0.2, -0.15) is 0 Å². The predicted octanol–water partition coefficient (Wildman–Crippen LogP) is 3.02. The molecule has 0 spiro atoms. The number of methoxy groups -OCH3 is 1. The Balaban J connectivity index is 2.12. The van der Waals surface area contributed by atoms with Crippen molar-refractivity contribution in [2.45, 2.75) is 49.8 Å². The summed E-state index contributed by atoms with van der Waals surface area (Å²) in [6, 6.07) is 7.62. The maximum Gasteiger partial charge on any atom is 0.305 e. The van der Waals surface area contributed by atoms with Crippen LogP contribution in [0.15, 0.2) is 24.3 Å². The second-order valence-electron chi connectivity index (χ2n) is 5.88. The largest absolute Gasteiger partial charge is 0.469 e. The smallest absolute Gasteiger partial charge is 0.305 e. The summed E-state index contributed by atoms with van der Waals surface area (Å²) in [4.78, 5) is 34.1. The van der Waals surface area contributed by atoms with Crippen LogP contribution in [0.5, 0.6) is 0 Å². The lowest BCUT2D eigenvalue weighted by Crippen LogP contribution is -2.46. The number of ketones is 2. The van der Waals surface area contributed by atoms with Gasteiger partial charge in [0.2, 0.25) is 0 Å². The van der Waals surface area contributed by atoms with Gasteiger partial charge in [0.05, 0.1) is 7.11 Å². The first kappa shape index (κ1) is 17.7. The molecule has 0 amide bonds. The SMILES string of the molecule is COC(=O)CCCc1ccccc1CC1(Cl)C(=O)CCCC1=O. The van der Waals surface area contributed by atoms with Crippen LogP contribution in [0.3, 0.4) is 0 Å². The van der Waals surface area contributed by atoms with Crippen LogP contribution < -0.4 is 0 Å². The van der Waals surface area contributed by atoms with Crippen molar-refractivity contribution in [2.75, 3.05) is 7.11 Å². The number of ether oxygens (including phenoxy) is 1. The monoisotopic (exact) mass is 336 g/mol. The third-order valence-electron chi connectivity index (χ3n) is 4.30. The second kappa shape index (κ2) is 7.73. The molecular formula is C18H21ClO4. The van der Waals surface area contributed by atoms with Gasteiger partial charge in [0.25, 0.3) is 0 Å². The van der Waals surface area contributed by atoms with E-state index in [1.54, 1.807) is 0 Å². The Bertz CT molecular complexity index is 593. The number of benzene rings is 1. The van der Waals surface area contributed by atoms with E-state index in [0.717, 1.165) is 11.1 Å². The molecule has 23 heavy (non-hydrogen) atoms. The summed E-state index contributed by atoms with van der Waals surface area (Å²) in [6.45, 7) is 0. The Kier molecular flexibility index (Phi) is 5.94. The molecule has 0 aromatic heterocycles. The Morgan fingerprint density at radius 3 is 2.39 bits per heavy atom. The van der Waals surface area contributed by atoms with Crippen molar-refractivity contribution in [3.05, 3.63) is 35.4 Å². The molecule has 5 heteroatoms. The molecule has 0 saturated heterocycles. The summed E-state index contributed by atoms with van der Waals surface area (Å²) in [5.41, 5.74) is 1.92. The maximum absolute atomic E-state index is 12.2. The van der Waals surface area contributed by atoms with E-state index in [-0.39, 0.29) is 24.0 Å². The fourth-order valence-corrected chi connectivity index (χ4v) is 3.25. The highest BCUT2D eigenvalue weighted by Gasteiger charge is 2.45. The number of halogens is 1. The van der Waals surface area contributed by atoms with Crippen molar-refractivity contribution in [3.63, 3.8) is 0 Å². The molecule has 1 aliphatic carbocycles. The standard InChI is InChI=1S/C18H21ClO4/c1-23-17(22)11-4-8-13-6-2-3-7-14(13)12-18(19)15(20)9-5-10-16(18)21/h2-3,6-7H,4-5,8-12H2,1H3. The van der Waals surface area contributed by atoms with Crippen molar-refractivity contribution in [2.24, 2.45) is 0 Å². The predicted molar refractivity (Wildman–Crippen MR) is 87.5 cm³/mol. The Morgan fingerprint density at radius 1 is 1.17 bits per heavy atom. The lowest BCUT2D eigenvalue weighted by atomic mass is 9.80. The van der Waals surface area contributed by atoms with Crippen LogP contribution in [-0.4, -0.2) is 29.5 Å². The van der Waals surface area contributed by atoms with Gasteiger partial charge in [-0.25, -0.2) is 0 Å². The molecule has 1 saturated carbocycles. The molecule has 0 bridgehead atoms. The number of alkyl halides is 1.